The van der Waals surface area contributed by atoms with Gasteiger partial charge >= 0.3 is 0 Å². The molecule has 3 atom stereocenters. The van der Waals surface area contributed by atoms with Crippen LogP contribution in [0.5, 0.6) is 5.75 Å². The first-order chi connectivity index (χ1) is 18.0. The predicted molar refractivity (Wildman–Crippen MR) is 132 cm³/mol. The van der Waals surface area contributed by atoms with Crippen molar-refractivity contribution in [2.24, 2.45) is 0 Å². The van der Waals surface area contributed by atoms with Crippen LogP contribution < -0.4 is 10.1 Å². The second-order valence-corrected chi connectivity index (χ2v) is 10.5. The molecule has 2 saturated heterocycles. The van der Waals surface area contributed by atoms with Gasteiger partial charge in [-0.15, -0.1) is 0 Å². The molecule has 0 spiro atoms. The monoisotopic (exact) mass is 499 g/mol. The van der Waals surface area contributed by atoms with E-state index >= 15 is 0 Å². The number of nitriles is 1. The normalized spacial score (nSPS) is 26.3. The lowest BCUT2D eigenvalue weighted by molar-refractivity contribution is -0.136. The lowest BCUT2D eigenvalue weighted by Gasteiger charge is -2.48. The van der Waals surface area contributed by atoms with Gasteiger partial charge in [0.15, 0.2) is 0 Å². The first-order valence-electron chi connectivity index (χ1n) is 13.0. The molecule has 3 fully saturated rings. The molecule has 9 nitrogen and oxygen atoms in total. The molecule has 4 aliphatic rings. The molecule has 2 aromatic rings. The maximum absolute atomic E-state index is 13.0. The second kappa shape index (κ2) is 9.60. The van der Waals surface area contributed by atoms with Gasteiger partial charge in [0, 0.05) is 49.8 Å². The molecule has 1 aromatic heterocycles. The minimum absolute atomic E-state index is 0.0724. The molecule has 1 unspecified atom stereocenters. The van der Waals surface area contributed by atoms with Gasteiger partial charge in [-0.05, 0) is 67.1 Å². The Morgan fingerprint density at radius 1 is 1.05 bits per heavy atom. The van der Waals surface area contributed by atoms with E-state index < -0.39 is 11.9 Å². The Morgan fingerprint density at radius 2 is 1.89 bits per heavy atom. The minimum Gasteiger partial charge on any atom is -0.489 e. The summed E-state index contributed by atoms with van der Waals surface area (Å²) in [4.78, 5) is 45.0. The van der Waals surface area contributed by atoms with Crippen molar-refractivity contribution in [3.8, 4) is 11.8 Å². The largest absolute Gasteiger partial charge is 0.489 e. The lowest BCUT2D eigenvalue weighted by Crippen LogP contribution is -2.57. The van der Waals surface area contributed by atoms with Gasteiger partial charge in [0.05, 0.1) is 0 Å². The van der Waals surface area contributed by atoms with Gasteiger partial charge in [-0.3, -0.25) is 24.6 Å². The number of carbonyl (C=O) groups excluding carboxylic acids is 3. The fourth-order valence-electron chi connectivity index (χ4n) is 6.19. The van der Waals surface area contributed by atoms with Crippen LogP contribution in [0.4, 0.5) is 0 Å². The average molecular weight is 500 g/mol. The fourth-order valence-corrected chi connectivity index (χ4v) is 6.19. The van der Waals surface area contributed by atoms with E-state index in [1.54, 1.807) is 17.2 Å². The van der Waals surface area contributed by atoms with Crippen LogP contribution in [0.25, 0.3) is 0 Å². The highest BCUT2D eigenvalue weighted by Gasteiger charge is 2.41. The third kappa shape index (κ3) is 4.46. The highest BCUT2D eigenvalue weighted by atomic mass is 16.5. The Balaban J connectivity index is 1.12. The zero-order valence-electron chi connectivity index (χ0n) is 20.6. The molecule has 1 aromatic carbocycles. The number of nitrogens with zero attached hydrogens (tertiary/aromatic N) is 4. The van der Waals surface area contributed by atoms with E-state index in [2.05, 4.69) is 21.3 Å². The Labute approximate surface area is 215 Å². The molecule has 9 heteroatoms. The number of aromatic nitrogens is 1. The number of ether oxygens (including phenoxy) is 1. The van der Waals surface area contributed by atoms with E-state index in [0.717, 1.165) is 43.7 Å². The summed E-state index contributed by atoms with van der Waals surface area (Å²) in [7, 11) is 0. The summed E-state index contributed by atoms with van der Waals surface area (Å²) >= 11 is 0. The second-order valence-electron chi connectivity index (χ2n) is 10.5. The van der Waals surface area contributed by atoms with E-state index in [9.17, 15) is 14.4 Å². The van der Waals surface area contributed by atoms with Crippen molar-refractivity contribution in [1.29, 1.82) is 5.26 Å². The van der Waals surface area contributed by atoms with Crippen LogP contribution >= 0.6 is 0 Å². The van der Waals surface area contributed by atoms with Gasteiger partial charge in [-0.2, -0.15) is 5.26 Å². The number of pyridine rings is 1. The van der Waals surface area contributed by atoms with Crippen LogP contribution in [0.3, 0.4) is 0 Å². The summed E-state index contributed by atoms with van der Waals surface area (Å²) in [6, 6.07) is 11.3. The Kier molecular flexibility index (Phi) is 6.13. The molecule has 3 aliphatic heterocycles. The molecular formula is C28H29N5O4. The summed E-state index contributed by atoms with van der Waals surface area (Å²) in [5.74, 6) is 0.293. The van der Waals surface area contributed by atoms with Gasteiger partial charge in [0.25, 0.3) is 5.91 Å². The molecule has 190 valence electrons. The molecule has 1 saturated carbocycles. The highest BCUT2D eigenvalue weighted by molar-refractivity contribution is 6.05. The van der Waals surface area contributed by atoms with Gasteiger partial charge in [-0.25, -0.2) is 4.98 Å². The van der Waals surface area contributed by atoms with Crippen LogP contribution in [-0.2, 0) is 16.1 Å². The number of carbonyl (C=O) groups is 3. The van der Waals surface area contributed by atoms with Gasteiger partial charge < -0.3 is 9.64 Å². The quantitative estimate of drug-likeness (QED) is 0.629. The van der Waals surface area contributed by atoms with Crippen LogP contribution in [0, 0.1) is 11.3 Å². The van der Waals surface area contributed by atoms with E-state index in [-0.39, 0.29) is 24.3 Å². The number of likely N-dealkylation sites (tertiary alicyclic amines) is 1. The van der Waals surface area contributed by atoms with Crippen molar-refractivity contribution in [2.75, 3.05) is 13.1 Å². The molecular weight excluding hydrogens is 470 g/mol. The van der Waals surface area contributed by atoms with Crippen LogP contribution in [0.2, 0.25) is 0 Å². The summed E-state index contributed by atoms with van der Waals surface area (Å²) in [6.45, 7) is 2.23. The third-order valence-corrected chi connectivity index (χ3v) is 8.20. The van der Waals surface area contributed by atoms with E-state index in [4.69, 9.17) is 10.00 Å². The number of rotatable bonds is 5. The van der Waals surface area contributed by atoms with Crippen molar-refractivity contribution in [3.05, 3.63) is 58.9 Å². The van der Waals surface area contributed by atoms with Crippen molar-refractivity contribution in [1.82, 2.24) is 20.1 Å². The van der Waals surface area contributed by atoms with Crippen LogP contribution in [0.1, 0.15) is 71.6 Å². The van der Waals surface area contributed by atoms with Crippen molar-refractivity contribution in [2.45, 2.75) is 69.2 Å². The van der Waals surface area contributed by atoms with Crippen LogP contribution in [0.15, 0.2) is 36.5 Å². The molecule has 1 N–H and O–H groups in total. The molecule has 37 heavy (non-hydrogen) atoms. The topological polar surface area (TPSA) is 116 Å². The summed E-state index contributed by atoms with van der Waals surface area (Å²) in [5, 5.41) is 11.5. The molecule has 3 amide bonds. The first kappa shape index (κ1) is 23.6. The number of nitrogens with one attached hydrogen (secondary N) is 1. The van der Waals surface area contributed by atoms with Crippen LogP contribution in [-0.4, -0.2) is 63.8 Å². The number of amides is 3. The average Bonchev–Trinajstić information content (AvgIpc) is 3.19. The summed E-state index contributed by atoms with van der Waals surface area (Å²) < 4.78 is 6.53. The SMILES string of the molecule is N#Cc1cc(C2CN([C@@H]3CCCC[C@@H]3Oc3ccc4c(c3)CN(C3CCC(=O)NC3=O)C4=O)C2)ccn1. The van der Waals surface area contributed by atoms with E-state index in [1.807, 2.05) is 24.3 Å². The first-order valence-corrected chi connectivity index (χ1v) is 13.0. The summed E-state index contributed by atoms with van der Waals surface area (Å²) in [6.07, 6.45) is 6.76. The zero-order chi connectivity index (χ0) is 25.5. The molecule has 0 bridgehead atoms. The maximum atomic E-state index is 13.0. The van der Waals surface area contributed by atoms with Gasteiger partial charge in [0.1, 0.15) is 29.7 Å². The van der Waals surface area contributed by atoms with Gasteiger partial charge in [0.2, 0.25) is 11.8 Å². The number of benzene rings is 1. The highest BCUT2D eigenvalue weighted by Crippen LogP contribution is 2.36. The Hall–Kier alpha value is -3.77. The van der Waals surface area contributed by atoms with Crippen molar-refractivity contribution < 1.29 is 19.1 Å². The van der Waals surface area contributed by atoms with Crippen molar-refractivity contribution in [3.63, 3.8) is 0 Å². The Bertz CT molecular complexity index is 1300. The zero-order valence-corrected chi connectivity index (χ0v) is 20.6. The molecule has 6 rings (SSSR count). The van der Waals surface area contributed by atoms with E-state index in [1.165, 1.54) is 12.0 Å². The van der Waals surface area contributed by atoms with E-state index in [0.29, 0.717) is 36.2 Å². The minimum atomic E-state index is -0.617. The molecule has 0 radical (unpaired) electrons. The third-order valence-electron chi connectivity index (χ3n) is 8.20. The number of piperidine rings is 1. The summed E-state index contributed by atoms with van der Waals surface area (Å²) in [5.41, 5.74) is 3.08. The maximum Gasteiger partial charge on any atom is 0.255 e. The standard InChI is InChI=1S/C28H29N5O4/c29-13-20-11-17(9-10-30-20)19-14-32(15-19)23-3-1-2-4-25(23)37-21-5-6-22-18(12-21)16-33(28(22)36)24-7-8-26(34)31-27(24)35/h5-6,9-12,19,23-25H,1-4,7-8,14-16H2,(H,31,34,35)/t23-,24?,25+/m1/s1. The number of hydrogen-bond donors (Lipinski definition) is 1. The van der Waals surface area contributed by atoms with Gasteiger partial charge in [-0.1, -0.05) is 6.42 Å². The Morgan fingerprint density at radius 3 is 2.70 bits per heavy atom. The number of hydrogen-bond acceptors (Lipinski definition) is 7. The smallest absolute Gasteiger partial charge is 0.255 e. The molecule has 1 aliphatic carbocycles. The number of imide groups is 1. The molecule has 4 heterocycles. The number of fused-ring (bicyclic) bond motifs is 1. The lowest BCUT2D eigenvalue weighted by atomic mass is 9.84. The van der Waals surface area contributed by atoms with Crippen molar-refractivity contribution >= 4 is 17.7 Å². The fraction of sp³-hybridized carbons (Fsp3) is 0.464. The predicted octanol–water partition coefficient (Wildman–Crippen LogP) is 2.50.